The number of hydrogen-bond acceptors (Lipinski definition) is 4. The lowest BCUT2D eigenvalue weighted by molar-refractivity contribution is 0.0758. The molecule has 2 aromatic carbocycles. The third kappa shape index (κ3) is 5.69. The van der Waals surface area contributed by atoms with Crippen molar-refractivity contribution in [1.82, 2.24) is 9.62 Å². The van der Waals surface area contributed by atoms with Gasteiger partial charge >= 0.3 is 0 Å². The number of aryl methyl sites for hydroxylation is 2. The molecule has 184 valence electrons. The molecule has 1 saturated heterocycles. The van der Waals surface area contributed by atoms with Crippen LogP contribution >= 0.6 is 11.8 Å². The minimum Gasteiger partial charge on any atom is -0.339 e. The van der Waals surface area contributed by atoms with Crippen LogP contribution in [0, 0.1) is 0 Å². The van der Waals surface area contributed by atoms with Crippen LogP contribution in [0.15, 0.2) is 46.2 Å². The second-order valence-electron chi connectivity index (χ2n) is 9.39. The zero-order chi connectivity index (χ0) is 24.1. The van der Waals surface area contributed by atoms with Gasteiger partial charge in [0.15, 0.2) is 0 Å². The lowest BCUT2D eigenvalue weighted by Gasteiger charge is -2.23. The summed E-state index contributed by atoms with van der Waals surface area (Å²) in [6.07, 6.45) is 11.4. The van der Waals surface area contributed by atoms with E-state index in [9.17, 15) is 13.2 Å². The predicted octanol–water partition coefficient (Wildman–Crippen LogP) is 5.73. The van der Waals surface area contributed by atoms with Crippen molar-refractivity contribution >= 4 is 27.7 Å². The average Bonchev–Trinajstić information content (AvgIpc) is 3.16. The van der Waals surface area contributed by atoms with E-state index in [2.05, 4.69) is 22.9 Å². The van der Waals surface area contributed by atoms with Crippen molar-refractivity contribution in [1.29, 1.82) is 0 Å². The molecule has 1 fully saturated rings. The third-order valence-corrected chi connectivity index (χ3v) is 9.35. The van der Waals surface area contributed by atoms with E-state index in [-0.39, 0.29) is 16.8 Å². The number of benzene rings is 2. The normalized spacial score (nSPS) is 17.6. The first-order valence-electron chi connectivity index (χ1n) is 12.5. The Morgan fingerprint density at radius 3 is 2.35 bits per heavy atom. The molecule has 1 aliphatic heterocycles. The fraction of sp³-hybridized carbons (Fsp3) is 0.519. The Labute approximate surface area is 208 Å². The van der Waals surface area contributed by atoms with E-state index < -0.39 is 10.0 Å². The van der Waals surface area contributed by atoms with Crippen molar-refractivity contribution in [2.75, 3.05) is 19.3 Å². The van der Waals surface area contributed by atoms with Crippen molar-refractivity contribution in [3.05, 3.63) is 58.7 Å². The summed E-state index contributed by atoms with van der Waals surface area (Å²) in [4.78, 5) is 16.2. The van der Waals surface area contributed by atoms with E-state index in [0.29, 0.717) is 12.0 Å². The number of nitrogens with zero attached hydrogens (tertiary/aromatic N) is 1. The van der Waals surface area contributed by atoms with Gasteiger partial charge in [-0.15, -0.1) is 11.8 Å². The van der Waals surface area contributed by atoms with E-state index in [1.54, 1.807) is 18.2 Å². The van der Waals surface area contributed by atoms with Gasteiger partial charge in [0.05, 0.1) is 10.5 Å². The van der Waals surface area contributed by atoms with Crippen LogP contribution < -0.4 is 4.72 Å². The molecule has 2 aromatic rings. The molecule has 5 nitrogen and oxygen atoms in total. The van der Waals surface area contributed by atoms with Crippen LogP contribution in [-0.2, 0) is 22.9 Å². The minimum absolute atomic E-state index is 0.0648. The molecule has 1 aliphatic carbocycles. The van der Waals surface area contributed by atoms with Gasteiger partial charge in [-0.25, -0.2) is 13.1 Å². The number of amides is 1. The van der Waals surface area contributed by atoms with Gasteiger partial charge in [0.25, 0.3) is 5.91 Å². The Balaban J connectivity index is 1.59. The van der Waals surface area contributed by atoms with Gasteiger partial charge in [0.2, 0.25) is 10.0 Å². The minimum atomic E-state index is -3.79. The number of sulfonamides is 1. The molecule has 0 bridgehead atoms. The molecule has 0 spiro atoms. The zero-order valence-electron chi connectivity index (χ0n) is 20.3. The summed E-state index contributed by atoms with van der Waals surface area (Å²) < 4.78 is 29.8. The molecular weight excluding hydrogens is 464 g/mol. The molecule has 4 rings (SSSR count). The fourth-order valence-electron chi connectivity index (χ4n) is 5.08. The quantitative estimate of drug-likeness (QED) is 0.493. The molecule has 2 aliphatic rings. The van der Waals surface area contributed by atoms with Crippen LogP contribution in [0.2, 0.25) is 0 Å². The zero-order valence-corrected chi connectivity index (χ0v) is 21.9. The number of hydrogen-bond donors (Lipinski definition) is 1. The highest BCUT2D eigenvalue weighted by atomic mass is 32.2. The summed E-state index contributed by atoms with van der Waals surface area (Å²) in [6, 6.07) is 11.0. The number of carbonyl (C=O) groups excluding carboxylic acids is 1. The summed E-state index contributed by atoms with van der Waals surface area (Å²) in [7, 11) is -3.79. The summed E-state index contributed by atoms with van der Waals surface area (Å²) in [5, 5.41) is 0. The molecular formula is C27H36N2O3S2. The maximum atomic E-state index is 13.4. The summed E-state index contributed by atoms with van der Waals surface area (Å²) in [6.45, 7) is 3.47. The molecule has 0 saturated carbocycles. The molecule has 0 radical (unpaired) electrons. The molecule has 1 N–H and O–H groups in total. The second-order valence-corrected chi connectivity index (χ2v) is 11.9. The molecule has 1 atom stereocenters. The maximum absolute atomic E-state index is 13.4. The van der Waals surface area contributed by atoms with E-state index in [0.717, 1.165) is 62.1 Å². The Kier molecular flexibility index (Phi) is 8.38. The van der Waals surface area contributed by atoms with Crippen LogP contribution in [0.1, 0.15) is 85.0 Å². The van der Waals surface area contributed by atoms with Crippen molar-refractivity contribution in [3.63, 3.8) is 0 Å². The van der Waals surface area contributed by atoms with Crippen molar-refractivity contribution in [2.24, 2.45) is 0 Å². The number of fused-ring (bicyclic) bond motifs is 1. The molecule has 0 aromatic heterocycles. The average molecular weight is 501 g/mol. The van der Waals surface area contributed by atoms with Crippen molar-refractivity contribution in [2.45, 2.75) is 80.5 Å². The largest absolute Gasteiger partial charge is 0.339 e. The number of nitrogens with one attached hydrogen (secondary N) is 1. The van der Waals surface area contributed by atoms with Gasteiger partial charge in [-0.1, -0.05) is 38.0 Å². The summed E-state index contributed by atoms with van der Waals surface area (Å²) in [5.41, 5.74) is 4.22. The Morgan fingerprint density at radius 1 is 0.971 bits per heavy atom. The topological polar surface area (TPSA) is 66.5 Å². The first-order valence-corrected chi connectivity index (χ1v) is 15.2. The van der Waals surface area contributed by atoms with Gasteiger partial charge in [-0.3, -0.25) is 4.79 Å². The Hall–Kier alpha value is -1.83. The Bertz CT molecular complexity index is 1120. The molecule has 34 heavy (non-hydrogen) atoms. The van der Waals surface area contributed by atoms with Gasteiger partial charge in [-0.2, -0.15) is 0 Å². The van der Waals surface area contributed by atoms with Gasteiger partial charge in [0, 0.05) is 24.0 Å². The van der Waals surface area contributed by atoms with Crippen LogP contribution in [0.25, 0.3) is 0 Å². The smallest absolute Gasteiger partial charge is 0.255 e. The number of rotatable bonds is 7. The third-order valence-electron chi connectivity index (χ3n) is 7.09. The predicted molar refractivity (Wildman–Crippen MR) is 139 cm³/mol. The van der Waals surface area contributed by atoms with E-state index >= 15 is 0 Å². The van der Waals surface area contributed by atoms with Crippen LogP contribution in [0.5, 0.6) is 0 Å². The highest BCUT2D eigenvalue weighted by Gasteiger charge is 2.26. The number of carbonyl (C=O) groups is 1. The van der Waals surface area contributed by atoms with Crippen LogP contribution in [0.4, 0.5) is 0 Å². The lowest BCUT2D eigenvalue weighted by Crippen LogP contribution is -2.33. The van der Waals surface area contributed by atoms with Crippen molar-refractivity contribution in [3.8, 4) is 0 Å². The number of likely N-dealkylation sites (tertiary alicyclic amines) is 1. The first kappa shape index (κ1) is 25.3. The lowest BCUT2D eigenvalue weighted by atomic mass is 9.89. The molecule has 1 amide bonds. The van der Waals surface area contributed by atoms with Gasteiger partial charge < -0.3 is 4.90 Å². The van der Waals surface area contributed by atoms with Crippen LogP contribution in [-0.4, -0.2) is 38.6 Å². The van der Waals surface area contributed by atoms with Crippen molar-refractivity contribution < 1.29 is 13.2 Å². The van der Waals surface area contributed by atoms with E-state index in [1.807, 2.05) is 18.1 Å². The highest BCUT2D eigenvalue weighted by Crippen LogP contribution is 2.29. The van der Waals surface area contributed by atoms with Crippen LogP contribution in [0.3, 0.4) is 0 Å². The van der Waals surface area contributed by atoms with E-state index in [4.69, 9.17) is 0 Å². The van der Waals surface area contributed by atoms with E-state index in [1.165, 1.54) is 35.7 Å². The summed E-state index contributed by atoms with van der Waals surface area (Å²) >= 11 is 1.48. The fourth-order valence-corrected chi connectivity index (χ4v) is 6.98. The van der Waals surface area contributed by atoms with Gasteiger partial charge in [0.1, 0.15) is 0 Å². The number of thioether (sulfide) groups is 1. The highest BCUT2D eigenvalue weighted by molar-refractivity contribution is 7.98. The SMILES string of the molecule is CC[C@@H](NS(=O)(=O)c1ccc(SC)c(C(=O)N2CCCCCC2)c1)c1ccc2c(c1)CCCC2. The first-order chi connectivity index (χ1) is 16.4. The standard InChI is InChI=1S/C27H36N2O3S2/c1-3-25(22-13-12-20-10-6-7-11-21(20)18-22)28-34(31,32)23-14-15-26(33-2)24(19-23)27(30)29-16-8-4-5-9-17-29/h12-15,18-19,25,28H,3-11,16-17H2,1-2H3/t25-/m1/s1. The van der Waals surface area contributed by atoms with Gasteiger partial charge in [-0.05, 0) is 86.1 Å². The monoisotopic (exact) mass is 500 g/mol. The molecule has 1 heterocycles. The Morgan fingerprint density at radius 2 is 1.68 bits per heavy atom. The maximum Gasteiger partial charge on any atom is 0.255 e. The molecule has 0 unspecified atom stereocenters. The molecule has 7 heteroatoms. The summed E-state index contributed by atoms with van der Waals surface area (Å²) in [5.74, 6) is -0.0648. The second kappa shape index (κ2) is 11.3.